The van der Waals surface area contributed by atoms with Crippen LogP contribution in [0.5, 0.6) is 5.75 Å². The molecule has 3 aromatic rings. The fourth-order valence-corrected chi connectivity index (χ4v) is 4.15. The fourth-order valence-electron chi connectivity index (χ4n) is 4.15. The van der Waals surface area contributed by atoms with Gasteiger partial charge in [-0.2, -0.15) is 0 Å². The van der Waals surface area contributed by atoms with E-state index in [1.54, 1.807) is 25.1 Å². The molecule has 3 rings (SSSR count). The highest BCUT2D eigenvalue weighted by atomic mass is 16.5. The SMILES string of the molecule is CCOC(=O)CCCOc1ccccc1C(=O)Nc1ccc(CCN(C)c2ccc(CC(C)C)cc2)cc1. The van der Waals surface area contributed by atoms with Crippen LogP contribution >= 0.6 is 0 Å². The highest BCUT2D eigenvalue weighted by Crippen LogP contribution is 2.21. The zero-order valence-electron chi connectivity index (χ0n) is 23.0. The number of carbonyl (C=O) groups excluding carboxylic acids is 2. The molecule has 0 aliphatic rings. The van der Waals surface area contributed by atoms with Crippen LogP contribution in [0.1, 0.15) is 55.1 Å². The lowest BCUT2D eigenvalue weighted by atomic mass is 10.0. The van der Waals surface area contributed by atoms with Gasteiger partial charge in [0.1, 0.15) is 5.75 Å². The van der Waals surface area contributed by atoms with Crippen molar-refractivity contribution >= 4 is 23.3 Å². The van der Waals surface area contributed by atoms with Crippen molar-refractivity contribution in [3.63, 3.8) is 0 Å². The number of benzene rings is 3. The smallest absolute Gasteiger partial charge is 0.305 e. The molecule has 6 heteroatoms. The van der Waals surface area contributed by atoms with Gasteiger partial charge in [-0.1, -0.05) is 50.2 Å². The average Bonchev–Trinajstić information content (AvgIpc) is 2.91. The van der Waals surface area contributed by atoms with E-state index in [1.807, 2.05) is 30.3 Å². The van der Waals surface area contributed by atoms with Crippen molar-refractivity contribution < 1.29 is 19.1 Å². The summed E-state index contributed by atoms with van der Waals surface area (Å²) in [5.74, 6) is 0.668. The van der Waals surface area contributed by atoms with Gasteiger partial charge in [0.05, 0.1) is 18.8 Å². The van der Waals surface area contributed by atoms with Crippen LogP contribution in [0.25, 0.3) is 0 Å². The molecule has 0 saturated heterocycles. The van der Waals surface area contributed by atoms with Crippen LogP contribution in [-0.4, -0.2) is 38.7 Å². The predicted octanol–water partition coefficient (Wildman–Crippen LogP) is 6.54. The number of esters is 1. The van der Waals surface area contributed by atoms with Crippen molar-refractivity contribution in [3.05, 3.63) is 89.5 Å². The average molecular weight is 517 g/mol. The van der Waals surface area contributed by atoms with Gasteiger partial charge in [-0.25, -0.2) is 0 Å². The maximum atomic E-state index is 12.9. The Kier molecular flexibility index (Phi) is 11.2. The van der Waals surface area contributed by atoms with Crippen LogP contribution in [0.2, 0.25) is 0 Å². The van der Waals surface area contributed by atoms with Crippen molar-refractivity contribution in [1.29, 1.82) is 0 Å². The topological polar surface area (TPSA) is 67.9 Å². The minimum absolute atomic E-state index is 0.237. The first-order chi connectivity index (χ1) is 18.4. The third-order valence-electron chi connectivity index (χ3n) is 6.19. The number of nitrogens with zero attached hydrogens (tertiary/aromatic N) is 1. The van der Waals surface area contributed by atoms with Gasteiger partial charge < -0.3 is 19.7 Å². The molecule has 3 aromatic carbocycles. The largest absolute Gasteiger partial charge is 0.493 e. The third kappa shape index (κ3) is 9.25. The lowest BCUT2D eigenvalue weighted by molar-refractivity contribution is -0.143. The Morgan fingerprint density at radius 1 is 0.921 bits per heavy atom. The molecule has 38 heavy (non-hydrogen) atoms. The maximum absolute atomic E-state index is 12.9. The predicted molar refractivity (Wildman–Crippen MR) is 154 cm³/mol. The molecule has 0 aliphatic carbocycles. The summed E-state index contributed by atoms with van der Waals surface area (Å²) in [4.78, 5) is 26.7. The lowest BCUT2D eigenvalue weighted by Crippen LogP contribution is -2.20. The second kappa shape index (κ2) is 14.8. The van der Waals surface area contributed by atoms with Crippen molar-refractivity contribution in [2.45, 2.75) is 46.5 Å². The fraction of sp³-hybridized carbons (Fsp3) is 0.375. The van der Waals surface area contributed by atoms with E-state index in [0.29, 0.717) is 36.9 Å². The molecule has 0 aromatic heterocycles. The van der Waals surface area contributed by atoms with Gasteiger partial charge in [-0.05, 0) is 79.6 Å². The Hall–Kier alpha value is -3.80. The van der Waals surface area contributed by atoms with E-state index >= 15 is 0 Å². The number of hydrogen-bond donors (Lipinski definition) is 1. The minimum Gasteiger partial charge on any atom is -0.493 e. The van der Waals surface area contributed by atoms with E-state index < -0.39 is 0 Å². The molecule has 0 unspecified atom stereocenters. The Bertz CT molecular complexity index is 1160. The van der Waals surface area contributed by atoms with E-state index in [4.69, 9.17) is 9.47 Å². The summed E-state index contributed by atoms with van der Waals surface area (Å²) in [5.41, 5.74) is 4.97. The normalized spacial score (nSPS) is 10.8. The Morgan fingerprint density at radius 2 is 1.61 bits per heavy atom. The Morgan fingerprint density at radius 3 is 2.29 bits per heavy atom. The highest BCUT2D eigenvalue weighted by Gasteiger charge is 2.13. The van der Waals surface area contributed by atoms with Crippen molar-refractivity contribution in [1.82, 2.24) is 0 Å². The summed E-state index contributed by atoms with van der Waals surface area (Å²) in [6, 6.07) is 23.9. The van der Waals surface area contributed by atoms with Crippen LogP contribution in [0.15, 0.2) is 72.8 Å². The van der Waals surface area contributed by atoms with E-state index in [9.17, 15) is 9.59 Å². The third-order valence-corrected chi connectivity index (χ3v) is 6.19. The molecule has 0 fully saturated rings. The van der Waals surface area contributed by atoms with Crippen LogP contribution in [0, 0.1) is 5.92 Å². The molecule has 0 bridgehead atoms. The summed E-state index contributed by atoms with van der Waals surface area (Å²) in [5, 5.41) is 2.96. The number of para-hydroxylation sites is 1. The number of nitrogens with one attached hydrogen (secondary N) is 1. The lowest BCUT2D eigenvalue weighted by Gasteiger charge is -2.20. The van der Waals surface area contributed by atoms with Crippen LogP contribution < -0.4 is 15.0 Å². The highest BCUT2D eigenvalue weighted by molar-refractivity contribution is 6.06. The van der Waals surface area contributed by atoms with E-state index in [2.05, 4.69) is 55.4 Å². The molecule has 0 radical (unpaired) electrons. The summed E-state index contributed by atoms with van der Waals surface area (Å²) in [6.45, 7) is 7.85. The van der Waals surface area contributed by atoms with Gasteiger partial charge in [0, 0.05) is 31.4 Å². The molecule has 1 N–H and O–H groups in total. The number of rotatable bonds is 14. The molecule has 0 spiro atoms. The molecule has 0 saturated carbocycles. The van der Waals surface area contributed by atoms with Gasteiger partial charge in [-0.15, -0.1) is 0 Å². The van der Waals surface area contributed by atoms with Gasteiger partial charge in [-0.3, -0.25) is 9.59 Å². The number of anilines is 2. The van der Waals surface area contributed by atoms with Gasteiger partial charge in [0.15, 0.2) is 0 Å². The van der Waals surface area contributed by atoms with Gasteiger partial charge in [0.2, 0.25) is 0 Å². The summed E-state index contributed by atoms with van der Waals surface area (Å²) in [7, 11) is 2.11. The van der Waals surface area contributed by atoms with E-state index in [-0.39, 0.29) is 18.3 Å². The van der Waals surface area contributed by atoms with E-state index in [1.165, 1.54) is 16.8 Å². The number of likely N-dealkylation sites (N-methyl/N-ethyl adjacent to an activating group) is 1. The van der Waals surface area contributed by atoms with E-state index in [0.717, 1.165) is 25.1 Å². The van der Waals surface area contributed by atoms with Crippen LogP contribution in [0.4, 0.5) is 11.4 Å². The second-order valence-electron chi connectivity index (χ2n) is 9.84. The first kappa shape index (κ1) is 28.8. The van der Waals surface area contributed by atoms with Gasteiger partial charge >= 0.3 is 5.97 Å². The number of amides is 1. The number of carbonyl (C=O) groups is 2. The summed E-state index contributed by atoms with van der Waals surface area (Å²) < 4.78 is 10.7. The minimum atomic E-state index is -0.243. The molecular formula is C32H40N2O4. The second-order valence-corrected chi connectivity index (χ2v) is 9.84. The summed E-state index contributed by atoms with van der Waals surface area (Å²) >= 11 is 0. The van der Waals surface area contributed by atoms with Crippen molar-refractivity contribution in [3.8, 4) is 5.75 Å². The molecule has 6 nitrogen and oxygen atoms in total. The zero-order chi connectivity index (χ0) is 27.3. The molecular weight excluding hydrogens is 476 g/mol. The maximum Gasteiger partial charge on any atom is 0.305 e. The Balaban J connectivity index is 1.49. The first-order valence-electron chi connectivity index (χ1n) is 13.4. The standard InChI is InChI=1S/C32H40N2O4/c1-5-37-31(35)11-8-22-38-30-10-7-6-9-29(30)32(36)33-27-16-12-25(13-17-27)20-21-34(4)28-18-14-26(15-19-28)23-24(2)3/h6-7,9-10,12-19,24H,5,8,11,20-23H2,1-4H3,(H,33,36). The molecule has 1 amide bonds. The summed E-state index contributed by atoms with van der Waals surface area (Å²) in [6.07, 6.45) is 2.81. The molecule has 202 valence electrons. The quantitative estimate of drug-likeness (QED) is 0.195. The number of hydrogen-bond acceptors (Lipinski definition) is 5. The van der Waals surface area contributed by atoms with Gasteiger partial charge in [0.25, 0.3) is 5.91 Å². The van der Waals surface area contributed by atoms with Crippen molar-refractivity contribution in [2.75, 3.05) is 37.0 Å². The molecule has 0 aliphatic heterocycles. The number of ether oxygens (including phenoxy) is 2. The van der Waals surface area contributed by atoms with Crippen molar-refractivity contribution in [2.24, 2.45) is 5.92 Å². The Labute approximate surface area is 227 Å². The zero-order valence-corrected chi connectivity index (χ0v) is 23.0. The molecule has 0 atom stereocenters. The first-order valence-corrected chi connectivity index (χ1v) is 13.4. The molecule has 0 heterocycles. The van der Waals surface area contributed by atoms with Crippen LogP contribution in [-0.2, 0) is 22.4 Å². The monoisotopic (exact) mass is 516 g/mol. The van der Waals surface area contributed by atoms with Crippen LogP contribution in [0.3, 0.4) is 0 Å².